The number of hydrogen-bond acceptors (Lipinski definition) is 3. The minimum Gasteiger partial charge on any atom is -0.492 e. The maximum Gasteiger partial charge on any atom is 0.119 e. The lowest BCUT2D eigenvalue weighted by atomic mass is 9.86. The first kappa shape index (κ1) is 17.3. The van der Waals surface area contributed by atoms with Gasteiger partial charge in [0, 0.05) is 12.6 Å². The lowest BCUT2D eigenvalue weighted by Gasteiger charge is -2.26. The van der Waals surface area contributed by atoms with E-state index >= 15 is 0 Å². The highest BCUT2D eigenvalue weighted by molar-refractivity contribution is 5.34. The Morgan fingerprint density at radius 3 is 2.27 bits per heavy atom. The summed E-state index contributed by atoms with van der Waals surface area (Å²) in [5.41, 5.74) is 8.67. The fourth-order valence-electron chi connectivity index (χ4n) is 3.16. The van der Waals surface area contributed by atoms with E-state index in [4.69, 9.17) is 10.5 Å². The van der Waals surface area contributed by atoms with Crippen LogP contribution >= 0.6 is 0 Å². The van der Waals surface area contributed by atoms with Gasteiger partial charge in [-0.25, -0.2) is 0 Å². The molecule has 1 aliphatic rings. The molecule has 1 aromatic rings. The van der Waals surface area contributed by atoms with Gasteiger partial charge in [-0.2, -0.15) is 0 Å². The summed E-state index contributed by atoms with van der Waals surface area (Å²) < 4.78 is 5.91. The lowest BCUT2D eigenvalue weighted by molar-refractivity contribution is 0.285. The van der Waals surface area contributed by atoms with Crippen molar-refractivity contribution in [3.05, 3.63) is 29.3 Å². The summed E-state index contributed by atoms with van der Waals surface area (Å²) in [7, 11) is 0. The van der Waals surface area contributed by atoms with Gasteiger partial charge in [-0.1, -0.05) is 19.9 Å². The molecule has 1 aromatic carbocycles. The van der Waals surface area contributed by atoms with E-state index in [9.17, 15) is 0 Å². The summed E-state index contributed by atoms with van der Waals surface area (Å²) >= 11 is 0. The number of nitrogens with two attached hydrogens (primary N) is 1. The Morgan fingerprint density at radius 2 is 1.68 bits per heavy atom. The largest absolute Gasteiger partial charge is 0.492 e. The first-order valence-electron chi connectivity index (χ1n) is 8.93. The quantitative estimate of drug-likeness (QED) is 0.724. The molecule has 3 N–H and O–H groups in total. The van der Waals surface area contributed by atoms with Gasteiger partial charge in [-0.15, -0.1) is 0 Å². The summed E-state index contributed by atoms with van der Waals surface area (Å²) in [5, 5.41) is 3.53. The Morgan fingerprint density at radius 1 is 1.05 bits per heavy atom. The molecule has 0 atom stereocenters. The molecule has 0 unspecified atom stereocenters. The third-order valence-corrected chi connectivity index (χ3v) is 4.71. The molecule has 3 heteroatoms. The summed E-state index contributed by atoms with van der Waals surface area (Å²) in [5.74, 6) is 1.82. The zero-order valence-electron chi connectivity index (χ0n) is 14.2. The zero-order chi connectivity index (χ0) is 15.8. The van der Waals surface area contributed by atoms with Crippen LogP contribution in [0.5, 0.6) is 5.75 Å². The lowest BCUT2D eigenvalue weighted by Crippen LogP contribution is -2.33. The zero-order valence-corrected chi connectivity index (χ0v) is 14.2. The molecule has 22 heavy (non-hydrogen) atoms. The van der Waals surface area contributed by atoms with Crippen LogP contribution in [-0.4, -0.2) is 25.7 Å². The van der Waals surface area contributed by atoms with Crippen LogP contribution in [0.3, 0.4) is 0 Å². The van der Waals surface area contributed by atoms with Gasteiger partial charge >= 0.3 is 0 Å². The summed E-state index contributed by atoms with van der Waals surface area (Å²) in [6.45, 7) is 7.14. The van der Waals surface area contributed by atoms with E-state index in [0.717, 1.165) is 44.2 Å². The molecule has 1 fully saturated rings. The fourth-order valence-corrected chi connectivity index (χ4v) is 3.16. The average Bonchev–Trinajstić information content (AvgIpc) is 2.55. The van der Waals surface area contributed by atoms with Gasteiger partial charge in [0.15, 0.2) is 0 Å². The molecule has 1 saturated carbocycles. The third-order valence-electron chi connectivity index (χ3n) is 4.71. The van der Waals surface area contributed by atoms with Crippen molar-refractivity contribution in [1.82, 2.24) is 5.32 Å². The van der Waals surface area contributed by atoms with Crippen molar-refractivity contribution < 1.29 is 4.74 Å². The van der Waals surface area contributed by atoms with Gasteiger partial charge < -0.3 is 15.8 Å². The van der Waals surface area contributed by atoms with Crippen LogP contribution in [0.15, 0.2) is 18.2 Å². The summed E-state index contributed by atoms with van der Waals surface area (Å²) in [6.07, 6.45) is 7.04. The van der Waals surface area contributed by atoms with E-state index < -0.39 is 0 Å². The number of hydrogen-bond donors (Lipinski definition) is 2. The van der Waals surface area contributed by atoms with E-state index in [1.807, 2.05) is 0 Å². The van der Waals surface area contributed by atoms with Crippen LogP contribution in [0.2, 0.25) is 0 Å². The Labute approximate surface area is 135 Å². The van der Waals surface area contributed by atoms with Crippen LogP contribution in [0.25, 0.3) is 0 Å². The van der Waals surface area contributed by atoms with Gasteiger partial charge in [0.25, 0.3) is 0 Å². The fraction of sp³-hybridized carbons (Fsp3) is 0.684. The van der Waals surface area contributed by atoms with Crippen LogP contribution in [0, 0.1) is 5.92 Å². The van der Waals surface area contributed by atoms with Crippen molar-refractivity contribution in [3.63, 3.8) is 0 Å². The third kappa shape index (κ3) is 5.62. The van der Waals surface area contributed by atoms with E-state index in [1.54, 1.807) is 0 Å². The number of rotatable bonds is 8. The van der Waals surface area contributed by atoms with Crippen molar-refractivity contribution >= 4 is 0 Å². The monoisotopic (exact) mass is 304 g/mol. The van der Waals surface area contributed by atoms with Gasteiger partial charge in [0.2, 0.25) is 0 Å². The second kappa shape index (κ2) is 9.16. The molecule has 0 aromatic heterocycles. The molecule has 0 spiro atoms. The first-order chi connectivity index (χ1) is 10.7. The van der Waals surface area contributed by atoms with E-state index in [0.29, 0.717) is 6.04 Å². The van der Waals surface area contributed by atoms with Crippen LogP contribution in [0.4, 0.5) is 0 Å². The van der Waals surface area contributed by atoms with Gasteiger partial charge in [-0.3, -0.25) is 0 Å². The van der Waals surface area contributed by atoms with Gasteiger partial charge in [0.05, 0.1) is 0 Å². The van der Waals surface area contributed by atoms with Crippen LogP contribution < -0.4 is 15.8 Å². The number of benzene rings is 1. The number of aryl methyl sites for hydroxylation is 2. The average molecular weight is 304 g/mol. The maximum atomic E-state index is 5.94. The molecule has 0 bridgehead atoms. The van der Waals surface area contributed by atoms with Crippen LogP contribution in [0.1, 0.15) is 50.7 Å². The minimum absolute atomic E-state index is 0.443. The van der Waals surface area contributed by atoms with E-state index in [-0.39, 0.29) is 0 Å². The molecule has 0 radical (unpaired) electrons. The smallest absolute Gasteiger partial charge is 0.119 e. The van der Waals surface area contributed by atoms with E-state index in [2.05, 4.69) is 37.4 Å². The van der Waals surface area contributed by atoms with Crippen molar-refractivity contribution in [2.75, 3.05) is 19.7 Å². The number of ether oxygens (including phenoxy) is 1. The van der Waals surface area contributed by atoms with Crippen molar-refractivity contribution in [3.8, 4) is 5.75 Å². The van der Waals surface area contributed by atoms with Crippen molar-refractivity contribution in [2.24, 2.45) is 11.7 Å². The molecule has 1 aliphatic carbocycles. The van der Waals surface area contributed by atoms with Crippen molar-refractivity contribution in [2.45, 2.75) is 58.4 Å². The second-order valence-corrected chi connectivity index (χ2v) is 6.53. The Bertz CT molecular complexity index is 417. The standard InChI is InChI=1S/C19H32N2O/c1-3-15-11-16(4-2)13-19(12-15)22-10-9-21-14-17-5-7-18(20)8-6-17/h11-13,17-18,21H,3-10,14,20H2,1-2H3. The SMILES string of the molecule is CCc1cc(CC)cc(OCCNCC2CCC(N)CC2)c1. The second-order valence-electron chi connectivity index (χ2n) is 6.53. The van der Waals surface area contributed by atoms with Gasteiger partial charge in [0.1, 0.15) is 12.4 Å². The highest BCUT2D eigenvalue weighted by atomic mass is 16.5. The predicted molar refractivity (Wildman–Crippen MR) is 93.5 cm³/mol. The molecular weight excluding hydrogens is 272 g/mol. The molecule has 2 rings (SSSR count). The Hall–Kier alpha value is -1.06. The molecule has 3 nitrogen and oxygen atoms in total. The molecule has 0 aliphatic heterocycles. The number of nitrogens with one attached hydrogen (secondary N) is 1. The van der Waals surface area contributed by atoms with Crippen LogP contribution in [-0.2, 0) is 12.8 Å². The molecule has 0 amide bonds. The summed E-state index contributed by atoms with van der Waals surface area (Å²) in [6, 6.07) is 7.06. The molecule has 124 valence electrons. The minimum atomic E-state index is 0.443. The normalized spacial score (nSPS) is 21.8. The van der Waals surface area contributed by atoms with Gasteiger partial charge in [-0.05, 0) is 74.2 Å². The molecule has 0 saturated heterocycles. The highest BCUT2D eigenvalue weighted by Gasteiger charge is 2.17. The molecular formula is C19H32N2O. The predicted octanol–water partition coefficient (Wildman–Crippen LogP) is 3.30. The van der Waals surface area contributed by atoms with E-state index in [1.165, 1.54) is 36.8 Å². The summed E-state index contributed by atoms with van der Waals surface area (Å²) in [4.78, 5) is 0. The van der Waals surface area contributed by atoms with Crippen molar-refractivity contribution in [1.29, 1.82) is 0 Å². The highest BCUT2D eigenvalue weighted by Crippen LogP contribution is 2.22. The molecule has 0 heterocycles. The maximum absolute atomic E-state index is 5.94. The first-order valence-corrected chi connectivity index (χ1v) is 8.93. The Balaban J connectivity index is 1.66. The Kier molecular flexibility index (Phi) is 7.20. The topological polar surface area (TPSA) is 47.3 Å².